The molecule has 0 amide bonds. The van der Waals surface area contributed by atoms with Crippen LogP contribution in [0, 0.1) is 29.1 Å². The second-order valence-corrected chi connectivity index (χ2v) is 8.38. The Morgan fingerprint density at radius 1 is 0.880 bits per heavy atom. The SMILES string of the molecule is N#Cc1ccc(C2CCC(CC[C@H]3CC[C@H](/C=C/Cl)CC3)CC2)cc1. The van der Waals surface area contributed by atoms with Crippen molar-refractivity contribution >= 4 is 11.6 Å². The monoisotopic (exact) mass is 355 g/mol. The van der Waals surface area contributed by atoms with Crippen LogP contribution in [-0.4, -0.2) is 0 Å². The van der Waals surface area contributed by atoms with Gasteiger partial charge in [0.1, 0.15) is 0 Å². The molecule has 25 heavy (non-hydrogen) atoms. The van der Waals surface area contributed by atoms with Gasteiger partial charge in [-0.25, -0.2) is 0 Å². The molecule has 0 heterocycles. The third-order valence-electron chi connectivity index (χ3n) is 6.58. The van der Waals surface area contributed by atoms with Crippen LogP contribution in [0.2, 0.25) is 0 Å². The Hall–Kier alpha value is -1.26. The number of nitriles is 1. The van der Waals surface area contributed by atoms with Crippen molar-refractivity contribution in [2.45, 2.75) is 70.1 Å². The molecule has 134 valence electrons. The van der Waals surface area contributed by atoms with Crippen LogP contribution in [0.25, 0.3) is 0 Å². The molecule has 0 saturated heterocycles. The summed E-state index contributed by atoms with van der Waals surface area (Å²) in [4.78, 5) is 0. The highest BCUT2D eigenvalue weighted by atomic mass is 35.5. The first-order valence-corrected chi connectivity index (χ1v) is 10.5. The minimum absolute atomic E-state index is 0.710. The molecule has 3 rings (SSSR count). The number of nitrogens with zero attached hydrogens (tertiary/aromatic N) is 1. The predicted octanol–water partition coefficient (Wildman–Crippen LogP) is 7.17. The zero-order valence-electron chi connectivity index (χ0n) is 15.2. The first-order valence-electron chi connectivity index (χ1n) is 10.1. The minimum atomic E-state index is 0.710. The van der Waals surface area contributed by atoms with Gasteiger partial charge >= 0.3 is 0 Å². The maximum absolute atomic E-state index is 8.92. The molecule has 0 aromatic heterocycles. The van der Waals surface area contributed by atoms with Gasteiger partial charge in [0.05, 0.1) is 11.6 Å². The molecular formula is C23H30ClN. The fourth-order valence-corrected chi connectivity index (χ4v) is 5.06. The molecule has 2 heteroatoms. The Morgan fingerprint density at radius 2 is 1.44 bits per heavy atom. The average molecular weight is 356 g/mol. The lowest BCUT2D eigenvalue weighted by atomic mass is 9.74. The summed E-state index contributed by atoms with van der Waals surface area (Å²) < 4.78 is 0. The van der Waals surface area contributed by atoms with Gasteiger partial charge in [-0.05, 0) is 92.7 Å². The molecule has 0 bridgehead atoms. The number of allylic oxidation sites excluding steroid dienone is 1. The zero-order valence-corrected chi connectivity index (χ0v) is 15.9. The van der Waals surface area contributed by atoms with Gasteiger partial charge in [-0.3, -0.25) is 0 Å². The van der Waals surface area contributed by atoms with Gasteiger partial charge in [-0.15, -0.1) is 0 Å². The van der Waals surface area contributed by atoms with Crippen molar-refractivity contribution in [3.8, 4) is 6.07 Å². The van der Waals surface area contributed by atoms with E-state index in [1.807, 2.05) is 12.1 Å². The van der Waals surface area contributed by atoms with Crippen LogP contribution in [0.3, 0.4) is 0 Å². The van der Waals surface area contributed by atoms with Gasteiger partial charge in [0.25, 0.3) is 0 Å². The molecule has 1 aromatic carbocycles. The molecular weight excluding hydrogens is 326 g/mol. The van der Waals surface area contributed by atoms with Crippen LogP contribution in [0.4, 0.5) is 0 Å². The molecule has 2 fully saturated rings. The predicted molar refractivity (Wildman–Crippen MR) is 106 cm³/mol. The second-order valence-electron chi connectivity index (χ2n) is 8.13. The Kier molecular flexibility index (Phi) is 7.00. The van der Waals surface area contributed by atoms with Crippen LogP contribution in [0.1, 0.15) is 81.3 Å². The highest BCUT2D eigenvalue weighted by Gasteiger charge is 2.24. The van der Waals surface area contributed by atoms with Crippen molar-refractivity contribution in [3.63, 3.8) is 0 Å². The fraction of sp³-hybridized carbons (Fsp3) is 0.609. The molecule has 0 N–H and O–H groups in total. The number of benzene rings is 1. The van der Waals surface area contributed by atoms with E-state index in [0.29, 0.717) is 5.92 Å². The van der Waals surface area contributed by atoms with E-state index in [4.69, 9.17) is 16.9 Å². The van der Waals surface area contributed by atoms with E-state index in [-0.39, 0.29) is 0 Å². The molecule has 0 atom stereocenters. The lowest BCUT2D eigenvalue weighted by Gasteiger charge is -2.31. The van der Waals surface area contributed by atoms with Crippen molar-refractivity contribution in [3.05, 3.63) is 47.0 Å². The summed E-state index contributed by atoms with van der Waals surface area (Å²) in [5, 5.41) is 8.92. The molecule has 0 aliphatic heterocycles. The van der Waals surface area contributed by atoms with E-state index >= 15 is 0 Å². The average Bonchev–Trinajstić information content (AvgIpc) is 2.68. The van der Waals surface area contributed by atoms with Gasteiger partial charge in [-0.2, -0.15) is 5.26 Å². The third kappa shape index (κ3) is 5.35. The molecule has 1 aromatic rings. The summed E-state index contributed by atoms with van der Waals surface area (Å²) in [5.74, 6) is 3.34. The van der Waals surface area contributed by atoms with Gasteiger partial charge < -0.3 is 0 Å². The summed E-state index contributed by atoms with van der Waals surface area (Å²) in [6.45, 7) is 0. The van der Waals surface area contributed by atoms with Crippen molar-refractivity contribution < 1.29 is 0 Å². The van der Waals surface area contributed by atoms with Crippen LogP contribution in [0.15, 0.2) is 35.9 Å². The van der Waals surface area contributed by atoms with Crippen molar-refractivity contribution in [1.82, 2.24) is 0 Å². The Morgan fingerprint density at radius 3 is 1.96 bits per heavy atom. The standard InChI is InChI=1S/C23H30ClN/c24-16-15-20-5-3-18(4-6-20)1-2-19-7-11-22(12-8-19)23-13-9-21(17-25)10-14-23/h9-10,13-16,18-20,22H,1-8,11-12H2/b16-15+/t18-,19?,20-,22?. The number of hydrogen-bond acceptors (Lipinski definition) is 1. The van der Waals surface area contributed by atoms with E-state index in [0.717, 1.165) is 23.3 Å². The third-order valence-corrected chi connectivity index (χ3v) is 6.72. The lowest BCUT2D eigenvalue weighted by molar-refractivity contribution is 0.246. The van der Waals surface area contributed by atoms with E-state index in [1.165, 1.54) is 69.8 Å². The summed E-state index contributed by atoms with van der Waals surface area (Å²) in [7, 11) is 0. The molecule has 2 aliphatic carbocycles. The summed E-state index contributed by atoms with van der Waals surface area (Å²) in [6, 6.07) is 10.5. The molecule has 1 nitrogen and oxygen atoms in total. The number of rotatable bonds is 5. The molecule has 0 spiro atoms. The highest BCUT2D eigenvalue weighted by Crippen LogP contribution is 2.39. The maximum Gasteiger partial charge on any atom is 0.0991 e. The minimum Gasteiger partial charge on any atom is -0.192 e. The van der Waals surface area contributed by atoms with E-state index in [2.05, 4.69) is 24.3 Å². The summed E-state index contributed by atoms with van der Waals surface area (Å²) in [5.41, 5.74) is 3.91. The Bertz CT molecular complexity index is 582. The van der Waals surface area contributed by atoms with Gasteiger partial charge in [0.2, 0.25) is 0 Å². The fourth-order valence-electron chi connectivity index (χ4n) is 4.86. The summed E-state index contributed by atoms with van der Waals surface area (Å²) in [6.07, 6.45) is 15.9. The Labute approximate surface area is 158 Å². The van der Waals surface area contributed by atoms with Crippen molar-refractivity contribution in [1.29, 1.82) is 5.26 Å². The van der Waals surface area contributed by atoms with Crippen molar-refractivity contribution in [2.24, 2.45) is 17.8 Å². The lowest BCUT2D eigenvalue weighted by Crippen LogP contribution is -2.17. The topological polar surface area (TPSA) is 23.8 Å². The van der Waals surface area contributed by atoms with Crippen LogP contribution in [-0.2, 0) is 0 Å². The van der Waals surface area contributed by atoms with Crippen LogP contribution >= 0.6 is 11.6 Å². The largest absolute Gasteiger partial charge is 0.192 e. The number of halogens is 1. The molecule has 0 radical (unpaired) electrons. The van der Waals surface area contributed by atoms with Crippen LogP contribution in [0.5, 0.6) is 0 Å². The van der Waals surface area contributed by atoms with E-state index in [1.54, 1.807) is 5.54 Å². The van der Waals surface area contributed by atoms with Gasteiger partial charge in [0.15, 0.2) is 0 Å². The molecule has 2 aliphatic rings. The zero-order chi connectivity index (χ0) is 17.5. The first-order chi connectivity index (χ1) is 12.3. The maximum atomic E-state index is 8.92. The normalized spacial score (nSPS) is 30.2. The second kappa shape index (κ2) is 9.44. The van der Waals surface area contributed by atoms with E-state index in [9.17, 15) is 0 Å². The van der Waals surface area contributed by atoms with Gasteiger partial charge in [-0.1, -0.05) is 42.7 Å². The molecule has 2 saturated carbocycles. The van der Waals surface area contributed by atoms with Gasteiger partial charge in [0, 0.05) is 5.54 Å². The summed E-state index contributed by atoms with van der Waals surface area (Å²) >= 11 is 5.71. The highest BCUT2D eigenvalue weighted by molar-refractivity contribution is 6.25. The molecule has 0 unspecified atom stereocenters. The van der Waals surface area contributed by atoms with Crippen LogP contribution < -0.4 is 0 Å². The van der Waals surface area contributed by atoms with E-state index < -0.39 is 0 Å². The smallest absolute Gasteiger partial charge is 0.0991 e. The quantitative estimate of drug-likeness (QED) is 0.549. The Balaban J connectivity index is 1.37. The first kappa shape index (κ1) is 18.5. The van der Waals surface area contributed by atoms with Crippen molar-refractivity contribution in [2.75, 3.05) is 0 Å². The number of hydrogen-bond donors (Lipinski definition) is 0.